The molecule has 5 rings (SSSR count). The van der Waals surface area contributed by atoms with Crippen molar-refractivity contribution < 1.29 is 9.21 Å². The summed E-state index contributed by atoms with van der Waals surface area (Å²) in [4.78, 5) is 19.7. The first-order chi connectivity index (χ1) is 14.8. The van der Waals surface area contributed by atoms with Gasteiger partial charge in [0.2, 0.25) is 0 Å². The third-order valence-corrected chi connectivity index (χ3v) is 6.40. The molecular formula is C25H29N3O2. The van der Waals surface area contributed by atoms with E-state index >= 15 is 0 Å². The van der Waals surface area contributed by atoms with Crippen molar-refractivity contribution in [3.63, 3.8) is 0 Å². The number of carbonyl (C=O) groups is 1. The van der Waals surface area contributed by atoms with E-state index in [1.807, 2.05) is 23.1 Å². The molecule has 5 nitrogen and oxygen atoms in total. The molecule has 2 aliphatic rings. The number of fused-ring (bicyclic) bond motifs is 1. The summed E-state index contributed by atoms with van der Waals surface area (Å²) in [6, 6.07) is 16.7. The summed E-state index contributed by atoms with van der Waals surface area (Å²) in [7, 11) is 0. The first-order valence-electron chi connectivity index (χ1n) is 11.1. The largest absolute Gasteiger partial charge is 0.464 e. The molecule has 2 aromatic carbocycles. The lowest BCUT2D eigenvalue weighted by Crippen LogP contribution is -2.46. The maximum absolute atomic E-state index is 12.8. The van der Waals surface area contributed by atoms with Crippen molar-refractivity contribution >= 4 is 22.6 Å². The molecule has 156 valence electrons. The van der Waals surface area contributed by atoms with Crippen LogP contribution in [-0.2, 0) is 6.54 Å². The number of hydrogen-bond acceptors (Lipinski definition) is 4. The predicted molar refractivity (Wildman–Crippen MR) is 120 cm³/mol. The topological polar surface area (TPSA) is 39.9 Å². The van der Waals surface area contributed by atoms with E-state index < -0.39 is 0 Å². The predicted octanol–water partition coefficient (Wildman–Crippen LogP) is 4.38. The van der Waals surface area contributed by atoms with Crippen molar-refractivity contribution in [2.45, 2.75) is 25.8 Å². The summed E-state index contributed by atoms with van der Waals surface area (Å²) in [5.74, 6) is 0.190. The van der Waals surface area contributed by atoms with Crippen molar-refractivity contribution in [1.82, 2.24) is 9.80 Å². The Morgan fingerprint density at radius 1 is 0.867 bits per heavy atom. The second kappa shape index (κ2) is 8.52. The van der Waals surface area contributed by atoms with Gasteiger partial charge < -0.3 is 14.2 Å². The molecule has 0 radical (unpaired) electrons. The molecular weight excluding hydrogens is 374 g/mol. The molecule has 5 heteroatoms. The zero-order chi connectivity index (χ0) is 20.3. The molecule has 0 saturated carbocycles. The standard InChI is InChI=1S/C25H29N3O2/c29-25(28-10-2-1-3-11-28)22-6-4-5-20(17-22)19-26-12-14-27(15-13-26)23-8-7-21-9-16-30-24(21)18-23/h4-9,16-18H,1-3,10-15,19H2. The van der Waals surface area contributed by atoms with Crippen LogP contribution < -0.4 is 4.90 Å². The van der Waals surface area contributed by atoms with Crippen LogP contribution in [-0.4, -0.2) is 55.0 Å². The average Bonchev–Trinajstić information content (AvgIpc) is 3.28. The van der Waals surface area contributed by atoms with Gasteiger partial charge >= 0.3 is 0 Å². The van der Waals surface area contributed by atoms with Gasteiger partial charge in [-0.3, -0.25) is 9.69 Å². The number of piperidine rings is 1. The van der Waals surface area contributed by atoms with Gasteiger partial charge in [0.15, 0.2) is 0 Å². The summed E-state index contributed by atoms with van der Waals surface area (Å²) in [6.07, 6.45) is 5.24. The highest BCUT2D eigenvalue weighted by Crippen LogP contribution is 2.24. The lowest BCUT2D eigenvalue weighted by Gasteiger charge is -2.36. The number of furan rings is 1. The van der Waals surface area contributed by atoms with E-state index in [0.29, 0.717) is 0 Å². The van der Waals surface area contributed by atoms with E-state index in [0.717, 1.165) is 75.2 Å². The summed E-state index contributed by atoms with van der Waals surface area (Å²) in [6.45, 7) is 6.72. The van der Waals surface area contributed by atoms with Crippen LogP contribution in [0, 0.1) is 0 Å². The number of carbonyl (C=O) groups excluding carboxylic acids is 1. The molecule has 3 aromatic rings. The minimum atomic E-state index is 0.190. The van der Waals surface area contributed by atoms with Crippen molar-refractivity contribution in [2.75, 3.05) is 44.2 Å². The maximum atomic E-state index is 12.8. The SMILES string of the molecule is O=C(c1cccc(CN2CCN(c3ccc4ccoc4c3)CC2)c1)N1CCCCC1. The molecule has 0 N–H and O–H groups in total. The number of nitrogens with zero attached hydrogens (tertiary/aromatic N) is 3. The fraction of sp³-hybridized carbons (Fsp3) is 0.400. The van der Waals surface area contributed by atoms with Crippen LogP contribution in [0.2, 0.25) is 0 Å². The molecule has 2 saturated heterocycles. The Morgan fingerprint density at radius 2 is 1.70 bits per heavy atom. The van der Waals surface area contributed by atoms with Crippen LogP contribution in [0.25, 0.3) is 11.0 Å². The van der Waals surface area contributed by atoms with E-state index in [1.54, 1.807) is 6.26 Å². The van der Waals surface area contributed by atoms with Gasteiger partial charge in [-0.05, 0) is 55.2 Å². The molecule has 30 heavy (non-hydrogen) atoms. The maximum Gasteiger partial charge on any atom is 0.253 e. The van der Waals surface area contributed by atoms with E-state index in [-0.39, 0.29) is 5.91 Å². The Bertz CT molecular complexity index is 1010. The van der Waals surface area contributed by atoms with Gasteiger partial charge in [0, 0.05) is 68.5 Å². The Balaban J connectivity index is 1.19. The molecule has 3 heterocycles. The lowest BCUT2D eigenvalue weighted by atomic mass is 10.1. The summed E-state index contributed by atoms with van der Waals surface area (Å²) in [5.41, 5.74) is 4.24. The molecule has 0 aliphatic carbocycles. The van der Waals surface area contributed by atoms with Gasteiger partial charge in [0.1, 0.15) is 5.58 Å². The summed E-state index contributed by atoms with van der Waals surface area (Å²) >= 11 is 0. The Morgan fingerprint density at radius 3 is 2.53 bits per heavy atom. The summed E-state index contributed by atoms with van der Waals surface area (Å²) in [5, 5.41) is 1.15. The molecule has 2 aliphatic heterocycles. The number of likely N-dealkylation sites (tertiary alicyclic amines) is 1. The number of benzene rings is 2. The molecule has 0 atom stereocenters. The molecule has 0 bridgehead atoms. The van der Waals surface area contributed by atoms with Gasteiger partial charge in [-0.1, -0.05) is 12.1 Å². The van der Waals surface area contributed by atoms with Gasteiger partial charge in [0.05, 0.1) is 6.26 Å². The first kappa shape index (κ1) is 19.2. The Hall–Kier alpha value is -2.79. The third-order valence-electron chi connectivity index (χ3n) is 6.40. The molecule has 0 unspecified atom stereocenters. The fourth-order valence-electron chi connectivity index (χ4n) is 4.64. The van der Waals surface area contributed by atoms with Gasteiger partial charge in [-0.2, -0.15) is 0 Å². The summed E-state index contributed by atoms with van der Waals surface area (Å²) < 4.78 is 5.56. The molecule has 2 fully saturated rings. The zero-order valence-corrected chi connectivity index (χ0v) is 17.4. The zero-order valence-electron chi connectivity index (χ0n) is 17.4. The van der Waals surface area contributed by atoms with Crippen molar-refractivity contribution in [3.05, 3.63) is 65.9 Å². The minimum Gasteiger partial charge on any atom is -0.464 e. The second-order valence-electron chi connectivity index (χ2n) is 8.46. The number of piperazine rings is 1. The highest BCUT2D eigenvalue weighted by Gasteiger charge is 2.20. The van der Waals surface area contributed by atoms with Crippen molar-refractivity contribution in [3.8, 4) is 0 Å². The average molecular weight is 404 g/mol. The van der Waals surface area contributed by atoms with Crippen molar-refractivity contribution in [1.29, 1.82) is 0 Å². The smallest absolute Gasteiger partial charge is 0.253 e. The molecule has 0 spiro atoms. The Kier molecular flexibility index (Phi) is 5.45. The molecule has 1 aromatic heterocycles. The third kappa shape index (κ3) is 4.08. The van der Waals surface area contributed by atoms with Crippen LogP contribution in [0.5, 0.6) is 0 Å². The number of rotatable bonds is 4. The van der Waals surface area contributed by atoms with E-state index in [9.17, 15) is 4.79 Å². The van der Waals surface area contributed by atoms with E-state index in [2.05, 4.69) is 40.1 Å². The van der Waals surface area contributed by atoms with Gasteiger partial charge in [0.25, 0.3) is 5.91 Å². The highest BCUT2D eigenvalue weighted by atomic mass is 16.3. The quantitative estimate of drug-likeness (QED) is 0.648. The van der Waals surface area contributed by atoms with Crippen LogP contribution in [0.3, 0.4) is 0 Å². The highest BCUT2D eigenvalue weighted by molar-refractivity contribution is 5.94. The normalized spacial score (nSPS) is 18.1. The second-order valence-corrected chi connectivity index (χ2v) is 8.46. The van der Waals surface area contributed by atoms with Crippen LogP contribution in [0.15, 0.2) is 59.2 Å². The van der Waals surface area contributed by atoms with Gasteiger partial charge in [-0.25, -0.2) is 0 Å². The first-order valence-corrected chi connectivity index (χ1v) is 11.1. The number of anilines is 1. The molecule has 1 amide bonds. The van der Waals surface area contributed by atoms with Crippen molar-refractivity contribution in [2.24, 2.45) is 0 Å². The van der Waals surface area contributed by atoms with E-state index in [1.165, 1.54) is 17.7 Å². The van der Waals surface area contributed by atoms with Gasteiger partial charge in [-0.15, -0.1) is 0 Å². The van der Waals surface area contributed by atoms with Crippen LogP contribution in [0.1, 0.15) is 35.2 Å². The van der Waals surface area contributed by atoms with Crippen LogP contribution >= 0.6 is 0 Å². The minimum absolute atomic E-state index is 0.190. The fourth-order valence-corrected chi connectivity index (χ4v) is 4.64. The lowest BCUT2D eigenvalue weighted by molar-refractivity contribution is 0.0724. The van der Waals surface area contributed by atoms with Crippen LogP contribution in [0.4, 0.5) is 5.69 Å². The monoisotopic (exact) mass is 403 g/mol. The Labute approximate surface area is 177 Å². The number of hydrogen-bond donors (Lipinski definition) is 0. The van der Waals surface area contributed by atoms with E-state index in [4.69, 9.17) is 4.42 Å². The number of amides is 1.